The third-order valence-electron chi connectivity index (χ3n) is 2.92. The van der Waals surface area contributed by atoms with E-state index in [1.54, 1.807) is 0 Å². The van der Waals surface area contributed by atoms with Crippen molar-refractivity contribution in [2.75, 3.05) is 0 Å². The molecule has 0 spiro atoms. The number of hydrogen-bond donors (Lipinski definition) is 1. The number of allylic oxidation sites excluding steroid dienone is 2. The minimum absolute atomic E-state index is 0. The van der Waals surface area contributed by atoms with Crippen LogP contribution in [0.5, 0.6) is 0 Å². The van der Waals surface area contributed by atoms with E-state index in [9.17, 15) is 4.79 Å². The van der Waals surface area contributed by atoms with E-state index in [1.807, 2.05) is 49.5 Å². The van der Waals surface area contributed by atoms with Crippen LogP contribution in [-0.4, -0.2) is 15.9 Å². The quantitative estimate of drug-likeness (QED) is 0.286. The number of aliphatic hydroxyl groups is 1. The summed E-state index contributed by atoms with van der Waals surface area (Å²) in [5.74, 6) is 0.846. The Morgan fingerprint density at radius 2 is 2.00 bits per heavy atom. The number of aliphatic hydroxyl groups excluding tert-OH is 1. The van der Waals surface area contributed by atoms with Gasteiger partial charge in [-0.05, 0) is 38.6 Å². The van der Waals surface area contributed by atoms with Gasteiger partial charge in [-0.2, -0.15) is 0 Å². The Morgan fingerprint density at radius 1 is 1.28 bits per heavy atom. The van der Waals surface area contributed by atoms with Gasteiger partial charge in [0.2, 0.25) is 0 Å². The number of ketones is 1. The molecule has 0 aliphatic carbocycles. The minimum atomic E-state index is -0.125. The standard InChI is InChI=1S/C14H10NO.C5H8O2.CH4.Ir/c1-10-7-12-9-15-13(8-14(12)16-10)11-5-3-2-4-6-11;1-4(6)3-5(2)7;;/h2-5,7-9H,1H3;3,6H,1-2H3;1H4;/q-1;;;. The molecule has 3 rings (SSSR count). The van der Waals surface area contributed by atoms with E-state index in [-0.39, 0.29) is 39.1 Å². The summed E-state index contributed by atoms with van der Waals surface area (Å²) >= 11 is 0. The van der Waals surface area contributed by atoms with E-state index in [0.29, 0.717) is 0 Å². The van der Waals surface area contributed by atoms with Gasteiger partial charge < -0.3 is 14.5 Å². The first-order valence-electron chi connectivity index (χ1n) is 7.17. The average molecular weight is 517 g/mol. The van der Waals surface area contributed by atoms with E-state index in [2.05, 4.69) is 11.1 Å². The average Bonchev–Trinajstić information content (AvgIpc) is 2.86. The van der Waals surface area contributed by atoms with Crippen molar-refractivity contribution in [2.45, 2.75) is 28.2 Å². The number of rotatable bonds is 2. The van der Waals surface area contributed by atoms with Gasteiger partial charge in [0.05, 0.1) is 5.76 Å². The molecule has 135 valence electrons. The van der Waals surface area contributed by atoms with Gasteiger partial charge in [-0.1, -0.05) is 7.43 Å². The van der Waals surface area contributed by atoms with Crippen molar-refractivity contribution < 1.29 is 34.4 Å². The summed E-state index contributed by atoms with van der Waals surface area (Å²) in [6.45, 7) is 4.79. The topological polar surface area (TPSA) is 63.3 Å². The van der Waals surface area contributed by atoms with Gasteiger partial charge in [0.15, 0.2) is 5.78 Å². The molecule has 0 amide bonds. The molecule has 0 unspecified atom stereocenters. The van der Waals surface area contributed by atoms with Crippen LogP contribution in [-0.2, 0) is 24.9 Å². The van der Waals surface area contributed by atoms with Crippen LogP contribution in [0.3, 0.4) is 0 Å². The number of aromatic nitrogens is 1. The molecule has 1 radical (unpaired) electrons. The molecule has 0 saturated carbocycles. The second-order valence-corrected chi connectivity index (χ2v) is 5.14. The molecular weight excluding hydrogens is 494 g/mol. The normalized spacial score (nSPS) is 10.1. The summed E-state index contributed by atoms with van der Waals surface area (Å²) in [6, 6.07) is 14.9. The summed E-state index contributed by atoms with van der Waals surface area (Å²) in [7, 11) is 0. The van der Waals surface area contributed by atoms with Crippen molar-refractivity contribution in [3.8, 4) is 11.3 Å². The first kappa shape index (κ1) is 22.8. The Morgan fingerprint density at radius 3 is 2.52 bits per heavy atom. The zero-order chi connectivity index (χ0) is 16.8. The van der Waals surface area contributed by atoms with Crippen LogP contribution in [0.1, 0.15) is 27.0 Å². The van der Waals surface area contributed by atoms with Gasteiger partial charge >= 0.3 is 0 Å². The third kappa shape index (κ3) is 7.04. The Balaban J connectivity index is 0.000000560. The van der Waals surface area contributed by atoms with Crippen molar-refractivity contribution in [1.82, 2.24) is 4.98 Å². The molecule has 0 saturated heterocycles. The molecule has 0 atom stereocenters. The number of nitrogens with zero attached hydrogens (tertiary/aromatic N) is 1. The van der Waals surface area contributed by atoms with Gasteiger partial charge in [-0.15, -0.1) is 35.9 Å². The van der Waals surface area contributed by atoms with Gasteiger partial charge in [0, 0.05) is 37.8 Å². The molecule has 25 heavy (non-hydrogen) atoms. The van der Waals surface area contributed by atoms with Crippen LogP contribution in [0, 0.1) is 13.0 Å². The fourth-order valence-corrected chi connectivity index (χ4v) is 2.06. The fourth-order valence-electron chi connectivity index (χ4n) is 2.06. The minimum Gasteiger partial charge on any atom is -0.512 e. The first-order chi connectivity index (χ1) is 11.0. The molecule has 0 fully saturated rings. The SMILES string of the molecule is C.CC(=O)C=C(C)O.Cc1cc2cnc(-c3[c-]cccc3)cc2o1.[Ir]. The molecule has 0 aliphatic heterocycles. The summed E-state index contributed by atoms with van der Waals surface area (Å²) in [5.41, 5.74) is 2.75. The van der Waals surface area contributed by atoms with Crippen molar-refractivity contribution in [3.05, 3.63) is 66.3 Å². The van der Waals surface area contributed by atoms with Gasteiger partial charge in [0.25, 0.3) is 0 Å². The number of pyridine rings is 1. The maximum absolute atomic E-state index is 10.0. The number of hydrogen-bond acceptors (Lipinski definition) is 4. The second-order valence-electron chi connectivity index (χ2n) is 5.14. The Labute approximate surface area is 161 Å². The molecule has 2 heterocycles. The van der Waals surface area contributed by atoms with Gasteiger partial charge in [0.1, 0.15) is 11.3 Å². The molecule has 0 aliphatic rings. The summed E-state index contributed by atoms with van der Waals surface area (Å²) in [6.07, 6.45) is 3.00. The first-order valence-corrected chi connectivity index (χ1v) is 7.17. The summed E-state index contributed by atoms with van der Waals surface area (Å²) in [4.78, 5) is 14.4. The Kier molecular flexibility index (Phi) is 9.65. The number of furan rings is 1. The van der Waals surface area contributed by atoms with E-state index >= 15 is 0 Å². The number of benzene rings is 1. The van der Waals surface area contributed by atoms with Gasteiger partial charge in [-0.25, -0.2) is 0 Å². The Hall–Kier alpha value is -2.23. The molecule has 1 aromatic carbocycles. The fraction of sp³-hybridized carbons (Fsp3) is 0.200. The molecular formula is C20H22IrNO3-. The van der Waals surface area contributed by atoms with E-state index in [1.165, 1.54) is 19.9 Å². The van der Waals surface area contributed by atoms with E-state index in [0.717, 1.165) is 28.0 Å². The maximum atomic E-state index is 10.0. The molecule has 5 heteroatoms. The van der Waals surface area contributed by atoms with Crippen molar-refractivity contribution in [1.29, 1.82) is 0 Å². The van der Waals surface area contributed by atoms with Crippen LogP contribution in [0.25, 0.3) is 22.2 Å². The number of carbonyl (C=O) groups is 1. The van der Waals surface area contributed by atoms with Crippen LogP contribution < -0.4 is 0 Å². The third-order valence-corrected chi connectivity index (χ3v) is 2.92. The Bertz CT molecular complexity index is 835. The van der Waals surface area contributed by atoms with Crippen LogP contribution in [0.15, 0.2) is 58.8 Å². The van der Waals surface area contributed by atoms with Crippen LogP contribution >= 0.6 is 0 Å². The van der Waals surface area contributed by atoms with Gasteiger partial charge in [-0.3, -0.25) is 4.79 Å². The summed E-state index contributed by atoms with van der Waals surface area (Å²) in [5, 5.41) is 9.40. The molecule has 4 nitrogen and oxygen atoms in total. The zero-order valence-electron chi connectivity index (χ0n) is 13.7. The molecule has 1 N–H and O–H groups in total. The van der Waals surface area contributed by atoms with Crippen molar-refractivity contribution in [3.63, 3.8) is 0 Å². The van der Waals surface area contributed by atoms with Crippen molar-refractivity contribution in [2.24, 2.45) is 0 Å². The molecule has 2 aromatic heterocycles. The predicted octanol–water partition coefficient (Wildman–Crippen LogP) is 5.27. The van der Waals surface area contributed by atoms with E-state index in [4.69, 9.17) is 9.52 Å². The number of aryl methyl sites for hydroxylation is 1. The monoisotopic (exact) mass is 517 g/mol. The number of fused-ring (bicyclic) bond motifs is 1. The van der Waals surface area contributed by atoms with Crippen molar-refractivity contribution >= 4 is 16.8 Å². The molecule has 3 aromatic rings. The van der Waals surface area contributed by atoms with Crippen LogP contribution in [0.4, 0.5) is 0 Å². The van der Waals surface area contributed by atoms with E-state index < -0.39 is 0 Å². The molecule has 0 bridgehead atoms. The predicted molar refractivity (Wildman–Crippen MR) is 96.8 cm³/mol. The summed E-state index contributed by atoms with van der Waals surface area (Å²) < 4.78 is 5.58. The maximum Gasteiger partial charge on any atom is 0.155 e. The second kappa shape index (κ2) is 10.6. The zero-order valence-corrected chi connectivity index (χ0v) is 16.1. The largest absolute Gasteiger partial charge is 0.512 e. The number of carbonyl (C=O) groups excluding carboxylic acids is 1. The van der Waals surface area contributed by atoms with Crippen LogP contribution in [0.2, 0.25) is 0 Å². The smallest absolute Gasteiger partial charge is 0.155 e.